The molecular weight excluding hydrogens is 366 g/mol. The molecule has 4 amide bonds. The molecule has 1 aromatic heterocycles. The number of imide groups is 1. The van der Waals surface area contributed by atoms with Gasteiger partial charge < -0.3 is 19.4 Å². The van der Waals surface area contributed by atoms with Gasteiger partial charge in [0.2, 0.25) is 5.91 Å². The first kappa shape index (κ1) is 19.2. The van der Waals surface area contributed by atoms with Gasteiger partial charge in [-0.3, -0.25) is 14.9 Å². The molecule has 0 bridgehead atoms. The Hall–Kier alpha value is -3.62. The van der Waals surface area contributed by atoms with Crippen molar-refractivity contribution in [3.63, 3.8) is 0 Å². The van der Waals surface area contributed by atoms with Gasteiger partial charge in [0.25, 0.3) is 5.91 Å². The number of rotatable bonds is 6. The van der Waals surface area contributed by atoms with E-state index in [1.165, 1.54) is 18.4 Å². The van der Waals surface area contributed by atoms with E-state index in [1.807, 2.05) is 5.32 Å². The van der Waals surface area contributed by atoms with Crippen LogP contribution in [0.1, 0.15) is 29.0 Å². The van der Waals surface area contributed by atoms with Crippen LogP contribution in [0, 0.1) is 0 Å². The van der Waals surface area contributed by atoms with Crippen molar-refractivity contribution in [1.82, 2.24) is 10.6 Å². The maximum absolute atomic E-state index is 12.0. The Morgan fingerprint density at radius 3 is 2.57 bits per heavy atom. The predicted octanol–water partition coefficient (Wildman–Crippen LogP) is 1.59. The zero-order valence-corrected chi connectivity index (χ0v) is 15.0. The fraction of sp³-hybridized carbons (Fsp3) is 0.263. The second-order valence-corrected chi connectivity index (χ2v) is 6.08. The van der Waals surface area contributed by atoms with Crippen molar-refractivity contribution < 1.29 is 28.3 Å². The summed E-state index contributed by atoms with van der Waals surface area (Å²) in [7, 11) is 0. The van der Waals surface area contributed by atoms with Gasteiger partial charge in [0.15, 0.2) is 6.61 Å². The van der Waals surface area contributed by atoms with E-state index in [0.717, 1.165) is 6.42 Å². The first-order chi connectivity index (χ1) is 13.5. The number of urea groups is 1. The van der Waals surface area contributed by atoms with Crippen LogP contribution in [-0.2, 0) is 20.9 Å². The molecular formula is C19H19N3O6. The average Bonchev–Trinajstić information content (AvgIpc) is 3.36. The van der Waals surface area contributed by atoms with Crippen LogP contribution in [0.2, 0.25) is 0 Å². The lowest BCUT2D eigenvalue weighted by atomic mass is 10.2. The summed E-state index contributed by atoms with van der Waals surface area (Å²) in [4.78, 5) is 48.7. The Morgan fingerprint density at radius 2 is 1.93 bits per heavy atom. The number of ether oxygens (including phenoxy) is 1. The topological polar surface area (TPSA) is 118 Å². The third kappa shape index (κ3) is 4.97. The number of carbonyl (C=O) groups excluding carboxylic acids is 4. The van der Waals surface area contributed by atoms with Crippen molar-refractivity contribution in [2.75, 3.05) is 18.1 Å². The summed E-state index contributed by atoms with van der Waals surface area (Å²) in [5, 5.41) is 4.48. The highest BCUT2D eigenvalue weighted by atomic mass is 16.5. The van der Waals surface area contributed by atoms with Crippen molar-refractivity contribution >= 4 is 29.5 Å². The lowest BCUT2D eigenvalue weighted by Crippen LogP contribution is -2.41. The van der Waals surface area contributed by atoms with Gasteiger partial charge in [-0.1, -0.05) is 0 Å². The molecule has 1 aromatic carbocycles. The van der Waals surface area contributed by atoms with E-state index in [9.17, 15) is 19.2 Å². The van der Waals surface area contributed by atoms with Crippen molar-refractivity contribution in [2.45, 2.75) is 19.4 Å². The normalized spacial score (nSPS) is 13.3. The van der Waals surface area contributed by atoms with Gasteiger partial charge in [-0.15, -0.1) is 0 Å². The minimum atomic E-state index is -0.760. The van der Waals surface area contributed by atoms with E-state index in [1.54, 1.807) is 29.2 Å². The maximum Gasteiger partial charge on any atom is 0.338 e. The zero-order valence-electron chi connectivity index (χ0n) is 15.0. The molecule has 2 aromatic rings. The van der Waals surface area contributed by atoms with E-state index in [0.29, 0.717) is 24.4 Å². The van der Waals surface area contributed by atoms with Crippen molar-refractivity contribution in [3.8, 4) is 0 Å². The second-order valence-electron chi connectivity index (χ2n) is 6.08. The summed E-state index contributed by atoms with van der Waals surface area (Å²) in [6.45, 7) is 0.182. The molecule has 1 aliphatic heterocycles. The van der Waals surface area contributed by atoms with Crippen LogP contribution >= 0.6 is 0 Å². The Labute approximate surface area is 160 Å². The number of esters is 1. The highest BCUT2D eigenvalue weighted by Gasteiger charge is 2.22. The Morgan fingerprint density at radius 1 is 1.14 bits per heavy atom. The van der Waals surface area contributed by atoms with Crippen LogP contribution in [0.4, 0.5) is 10.5 Å². The van der Waals surface area contributed by atoms with Crippen LogP contribution in [0.15, 0.2) is 47.1 Å². The second kappa shape index (κ2) is 8.85. The van der Waals surface area contributed by atoms with Crippen molar-refractivity contribution in [1.29, 1.82) is 0 Å². The molecule has 0 unspecified atom stereocenters. The summed E-state index contributed by atoms with van der Waals surface area (Å²) in [6, 6.07) is 8.99. The standard InChI is InChI=1S/C19H19N3O6/c23-16(21-19(26)20-11-15-3-2-10-27-15)12-28-18(25)13-5-7-14(8-6-13)22-9-1-4-17(22)24/h2-3,5-8,10H,1,4,9,11-12H2,(H2,20,21,23,26). The first-order valence-corrected chi connectivity index (χ1v) is 8.70. The maximum atomic E-state index is 12.0. The number of carbonyl (C=O) groups is 4. The Kier molecular flexibility index (Phi) is 6.05. The molecule has 3 rings (SSSR count). The number of benzene rings is 1. The van der Waals surface area contributed by atoms with Gasteiger partial charge in [0, 0.05) is 18.7 Å². The molecule has 1 fully saturated rings. The van der Waals surface area contributed by atoms with E-state index < -0.39 is 24.5 Å². The molecule has 9 heteroatoms. The molecule has 146 valence electrons. The van der Waals surface area contributed by atoms with E-state index in [2.05, 4.69) is 5.32 Å². The number of hydrogen-bond acceptors (Lipinski definition) is 6. The Bertz CT molecular complexity index is 860. The van der Waals surface area contributed by atoms with Crippen LogP contribution in [0.3, 0.4) is 0 Å². The molecule has 0 radical (unpaired) electrons. The van der Waals surface area contributed by atoms with Crippen molar-refractivity contribution in [3.05, 3.63) is 54.0 Å². The van der Waals surface area contributed by atoms with Crippen molar-refractivity contribution in [2.24, 2.45) is 0 Å². The molecule has 28 heavy (non-hydrogen) atoms. The average molecular weight is 385 g/mol. The molecule has 0 spiro atoms. The van der Waals surface area contributed by atoms with Gasteiger partial charge >= 0.3 is 12.0 Å². The molecule has 0 atom stereocenters. The van der Waals surface area contributed by atoms with Gasteiger partial charge in [0.05, 0.1) is 18.4 Å². The highest BCUT2D eigenvalue weighted by Crippen LogP contribution is 2.21. The number of hydrogen-bond donors (Lipinski definition) is 2. The molecule has 0 aliphatic carbocycles. The third-order valence-corrected chi connectivity index (χ3v) is 4.08. The fourth-order valence-corrected chi connectivity index (χ4v) is 2.70. The molecule has 1 aliphatic rings. The highest BCUT2D eigenvalue weighted by molar-refractivity contribution is 5.98. The van der Waals surface area contributed by atoms with E-state index >= 15 is 0 Å². The fourth-order valence-electron chi connectivity index (χ4n) is 2.70. The zero-order chi connectivity index (χ0) is 19.9. The molecule has 2 N–H and O–H groups in total. The first-order valence-electron chi connectivity index (χ1n) is 8.70. The molecule has 0 saturated carbocycles. The monoisotopic (exact) mass is 385 g/mol. The summed E-state index contributed by atoms with van der Waals surface area (Å²) in [6.07, 6.45) is 2.80. The van der Waals surface area contributed by atoms with Crippen LogP contribution in [0.5, 0.6) is 0 Å². The number of nitrogens with one attached hydrogen (secondary N) is 2. The summed E-state index contributed by atoms with van der Waals surface area (Å²) in [5.74, 6) is -0.875. The van der Waals surface area contributed by atoms with Gasteiger partial charge in [-0.05, 0) is 42.8 Å². The van der Waals surface area contributed by atoms with Gasteiger partial charge in [0.1, 0.15) is 5.76 Å². The number of nitrogens with zero attached hydrogens (tertiary/aromatic N) is 1. The lowest BCUT2D eigenvalue weighted by molar-refractivity contribution is -0.123. The molecule has 1 saturated heterocycles. The predicted molar refractivity (Wildman–Crippen MR) is 97.4 cm³/mol. The summed E-state index contributed by atoms with van der Waals surface area (Å²) in [5.41, 5.74) is 0.954. The smallest absolute Gasteiger partial charge is 0.338 e. The summed E-state index contributed by atoms with van der Waals surface area (Å²) >= 11 is 0. The summed E-state index contributed by atoms with van der Waals surface area (Å²) < 4.78 is 9.94. The van der Waals surface area contributed by atoms with Crippen LogP contribution in [0.25, 0.3) is 0 Å². The molecule has 2 heterocycles. The van der Waals surface area contributed by atoms with Gasteiger partial charge in [-0.25, -0.2) is 9.59 Å². The third-order valence-electron chi connectivity index (χ3n) is 4.08. The lowest BCUT2D eigenvalue weighted by Gasteiger charge is -2.15. The SMILES string of the molecule is O=C(COC(=O)c1ccc(N2CCCC2=O)cc1)NC(=O)NCc1ccco1. The van der Waals surface area contributed by atoms with E-state index in [-0.39, 0.29) is 18.0 Å². The quantitative estimate of drug-likeness (QED) is 0.729. The molecule has 9 nitrogen and oxygen atoms in total. The number of furan rings is 1. The van der Waals surface area contributed by atoms with Crippen LogP contribution in [-0.4, -0.2) is 37.0 Å². The minimum Gasteiger partial charge on any atom is -0.467 e. The van der Waals surface area contributed by atoms with Crippen LogP contribution < -0.4 is 15.5 Å². The minimum absolute atomic E-state index is 0.0531. The van der Waals surface area contributed by atoms with Gasteiger partial charge in [-0.2, -0.15) is 0 Å². The number of amides is 4. The van der Waals surface area contributed by atoms with E-state index in [4.69, 9.17) is 9.15 Å². The largest absolute Gasteiger partial charge is 0.467 e. The Balaban J connectivity index is 1.42. The number of anilines is 1.